The van der Waals surface area contributed by atoms with Crippen molar-refractivity contribution in [3.63, 3.8) is 0 Å². The van der Waals surface area contributed by atoms with Crippen molar-refractivity contribution in [3.05, 3.63) is 47.3 Å². The molecule has 8 nitrogen and oxygen atoms in total. The zero-order valence-corrected chi connectivity index (χ0v) is 19.7. The van der Waals surface area contributed by atoms with Gasteiger partial charge in [0.15, 0.2) is 28.2 Å². The van der Waals surface area contributed by atoms with Gasteiger partial charge in [0.2, 0.25) is 15.8 Å². The number of imidazole rings is 1. The number of carbonyl (C=O) groups is 1. The Morgan fingerprint density at radius 1 is 1.11 bits per heavy atom. The lowest BCUT2D eigenvalue weighted by Crippen LogP contribution is -2.40. The van der Waals surface area contributed by atoms with Gasteiger partial charge in [-0.3, -0.25) is 0 Å². The van der Waals surface area contributed by atoms with Gasteiger partial charge in [-0.05, 0) is 37.8 Å². The van der Waals surface area contributed by atoms with Crippen molar-refractivity contribution in [2.45, 2.75) is 42.9 Å². The van der Waals surface area contributed by atoms with Gasteiger partial charge in [0.25, 0.3) is 0 Å². The van der Waals surface area contributed by atoms with Crippen LogP contribution in [0.4, 0.5) is 35.1 Å². The highest BCUT2D eigenvalue weighted by Gasteiger charge is 2.60. The molecule has 1 aliphatic heterocycles. The first-order valence-electron chi connectivity index (χ1n) is 10.5. The van der Waals surface area contributed by atoms with Crippen molar-refractivity contribution < 1.29 is 53.4 Å². The highest BCUT2D eigenvalue weighted by atomic mass is 32.2. The molecular formula is C20H20F8N4O4S. The summed E-state index contributed by atoms with van der Waals surface area (Å²) in [6.45, 7) is 0.940. The van der Waals surface area contributed by atoms with Crippen LogP contribution in [-0.2, 0) is 28.4 Å². The van der Waals surface area contributed by atoms with Crippen molar-refractivity contribution >= 4 is 16.0 Å². The molecule has 2 aliphatic rings. The molecule has 206 valence electrons. The van der Waals surface area contributed by atoms with Crippen LogP contribution in [0.1, 0.15) is 25.1 Å². The summed E-state index contributed by atoms with van der Waals surface area (Å²) in [7, 11) is -3.46. The van der Waals surface area contributed by atoms with E-state index in [1.165, 1.54) is 10.8 Å². The molecule has 17 heteroatoms. The average Bonchev–Trinajstić information content (AvgIpc) is 3.32. The summed E-state index contributed by atoms with van der Waals surface area (Å²) >= 11 is 0. The Balaban J connectivity index is 0.000000479. The summed E-state index contributed by atoms with van der Waals surface area (Å²) < 4.78 is 130. The predicted octanol–water partition coefficient (Wildman–Crippen LogP) is 3.08. The predicted molar refractivity (Wildman–Crippen MR) is 109 cm³/mol. The maximum absolute atomic E-state index is 14.4. The molecule has 1 saturated carbocycles. The zero-order chi connectivity index (χ0) is 27.9. The number of rotatable bonds is 5. The Labute approximate surface area is 204 Å². The van der Waals surface area contributed by atoms with E-state index in [0.717, 1.165) is 4.31 Å². The highest BCUT2D eigenvalue weighted by molar-refractivity contribution is 7.89. The maximum Gasteiger partial charge on any atom is 0.490 e. The van der Waals surface area contributed by atoms with E-state index in [-0.39, 0.29) is 12.4 Å². The summed E-state index contributed by atoms with van der Waals surface area (Å²) in [4.78, 5) is 11.1. The van der Waals surface area contributed by atoms with Crippen LogP contribution in [0.3, 0.4) is 0 Å². The number of aromatic nitrogens is 2. The standard InChI is InChI=1S/C18H19F5N4O2S.C2HF3O2/c1-26-7-6-25-11(26)9-27(10-8-18(10)2-4-24-5-3-18)30(28,29)17-15(22)13(20)12(19)14(21)16(17)23;3-2(4,5)1(6)7/h6-7,10,24H,2-5,8-9H2,1H3;(H,6,7). The zero-order valence-electron chi connectivity index (χ0n) is 18.9. The number of alkyl halides is 3. The number of carboxylic acid groups (broad SMARTS) is 1. The number of hydrogen-bond donors (Lipinski definition) is 2. The second kappa shape index (κ2) is 10.2. The lowest BCUT2D eigenvalue weighted by Gasteiger charge is -2.29. The molecule has 4 rings (SSSR count). The van der Waals surface area contributed by atoms with Gasteiger partial charge < -0.3 is 15.0 Å². The normalized spacial score (nSPS) is 19.0. The van der Waals surface area contributed by atoms with Gasteiger partial charge in [0.05, 0.1) is 6.54 Å². The van der Waals surface area contributed by atoms with E-state index in [9.17, 15) is 43.5 Å². The van der Waals surface area contributed by atoms with Crippen molar-refractivity contribution in [2.24, 2.45) is 12.5 Å². The molecule has 2 N–H and O–H groups in total. The SMILES string of the molecule is Cn1ccnc1CN(C1CC12CCNCC2)S(=O)(=O)c1c(F)c(F)c(F)c(F)c1F.O=C(O)C(F)(F)F. The van der Waals surface area contributed by atoms with Crippen LogP contribution in [0.15, 0.2) is 17.3 Å². The molecule has 1 aromatic carbocycles. The number of hydrogen-bond acceptors (Lipinski definition) is 5. The molecule has 2 aromatic rings. The van der Waals surface area contributed by atoms with E-state index in [1.54, 1.807) is 13.2 Å². The summed E-state index contributed by atoms with van der Waals surface area (Å²) in [6, 6.07) is -0.628. The smallest absolute Gasteiger partial charge is 0.475 e. The van der Waals surface area contributed by atoms with E-state index < -0.39 is 67.6 Å². The summed E-state index contributed by atoms with van der Waals surface area (Å²) in [5.41, 5.74) is -0.395. The number of nitrogens with zero attached hydrogens (tertiary/aromatic N) is 3. The average molecular weight is 564 g/mol. The number of benzene rings is 1. The largest absolute Gasteiger partial charge is 0.490 e. The topological polar surface area (TPSA) is 105 Å². The van der Waals surface area contributed by atoms with Crippen LogP contribution in [0.25, 0.3) is 0 Å². The van der Waals surface area contributed by atoms with E-state index in [4.69, 9.17) is 9.90 Å². The van der Waals surface area contributed by atoms with Crippen LogP contribution in [0.5, 0.6) is 0 Å². The van der Waals surface area contributed by atoms with Crippen molar-refractivity contribution in [1.29, 1.82) is 0 Å². The number of nitrogens with one attached hydrogen (secondary N) is 1. The quantitative estimate of drug-likeness (QED) is 0.329. The lowest BCUT2D eigenvalue weighted by molar-refractivity contribution is -0.192. The molecule has 2 heterocycles. The fraction of sp³-hybridized carbons (Fsp3) is 0.500. The maximum atomic E-state index is 14.4. The molecule has 0 radical (unpaired) electrons. The second-order valence-corrected chi connectivity index (χ2v) is 10.4. The third kappa shape index (κ3) is 5.57. The Morgan fingerprint density at radius 3 is 2.03 bits per heavy atom. The minimum atomic E-state index is -5.08. The van der Waals surface area contributed by atoms with E-state index in [2.05, 4.69) is 10.3 Å². The molecule has 2 fully saturated rings. The molecular weight excluding hydrogens is 544 g/mol. The number of carboxylic acids is 1. The number of aliphatic carboxylic acids is 1. The summed E-state index contributed by atoms with van der Waals surface area (Å²) in [5.74, 6) is -14.2. The van der Waals surface area contributed by atoms with E-state index in [0.29, 0.717) is 32.4 Å². The van der Waals surface area contributed by atoms with Crippen LogP contribution in [-0.4, -0.2) is 58.7 Å². The summed E-state index contributed by atoms with van der Waals surface area (Å²) in [5, 5.41) is 10.3. The Morgan fingerprint density at radius 2 is 1.59 bits per heavy atom. The number of aryl methyl sites for hydroxylation is 1. The fourth-order valence-electron chi connectivity index (χ4n) is 4.17. The van der Waals surface area contributed by atoms with Crippen LogP contribution in [0, 0.1) is 34.5 Å². The van der Waals surface area contributed by atoms with Gasteiger partial charge in [-0.25, -0.2) is 40.1 Å². The number of piperidine rings is 1. The van der Waals surface area contributed by atoms with Crippen LogP contribution in [0.2, 0.25) is 0 Å². The highest BCUT2D eigenvalue weighted by Crippen LogP contribution is 2.57. The Hall–Kier alpha value is -2.79. The van der Waals surface area contributed by atoms with Crippen molar-refractivity contribution in [2.75, 3.05) is 13.1 Å². The molecule has 1 aromatic heterocycles. The fourth-order valence-corrected chi connectivity index (χ4v) is 5.96. The van der Waals surface area contributed by atoms with Gasteiger partial charge in [-0.1, -0.05) is 0 Å². The third-order valence-electron chi connectivity index (χ3n) is 6.29. The molecule has 37 heavy (non-hydrogen) atoms. The van der Waals surface area contributed by atoms with Crippen LogP contribution < -0.4 is 5.32 Å². The number of sulfonamides is 1. The van der Waals surface area contributed by atoms with Gasteiger partial charge in [0, 0.05) is 25.5 Å². The minimum absolute atomic E-state index is 0.276. The second-order valence-electron chi connectivity index (χ2n) is 8.54. The van der Waals surface area contributed by atoms with Gasteiger partial charge in [-0.15, -0.1) is 0 Å². The lowest BCUT2D eigenvalue weighted by atomic mass is 9.94. The van der Waals surface area contributed by atoms with Gasteiger partial charge in [0.1, 0.15) is 5.82 Å². The Bertz CT molecular complexity index is 1260. The molecule has 1 unspecified atom stereocenters. The molecule has 1 saturated heterocycles. The van der Waals surface area contributed by atoms with Crippen LogP contribution >= 0.6 is 0 Å². The van der Waals surface area contributed by atoms with E-state index in [1.807, 2.05) is 0 Å². The van der Waals surface area contributed by atoms with Crippen molar-refractivity contribution in [1.82, 2.24) is 19.2 Å². The van der Waals surface area contributed by atoms with E-state index >= 15 is 0 Å². The molecule has 1 aliphatic carbocycles. The Kier molecular flexibility index (Phi) is 7.91. The van der Waals surface area contributed by atoms with Crippen molar-refractivity contribution in [3.8, 4) is 0 Å². The minimum Gasteiger partial charge on any atom is -0.475 e. The monoisotopic (exact) mass is 564 g/mol. The molecule has 0 amide bonds. The summed E-state index contributed by atoms with van der Waals surface area (Å²) in [6.07, 6.45) is -0.381. The van der Waals surface area contributed by atoms with Gasteiger partial charge >= 0.3 is 12.1 Å². The first kappa shape index (κ1) is 28.8. The third-order valence-corrected chi connectivity index (χ3v) is 8.17. The molecule has 1 spiro atoms. The first-order chi connectivity index (χ1) is 17.0. The molecule has 0 bridgehead atoms. The first-order valence-corrected chi connectivity index (χ1v) is 12.0. The van der Waals surface area contributed by atoms with Gasteiger partial charge in [-0.2, -0.15) is 17.5 Å². The molecule has 1 atom stereocenters. The number of halogens is 8.